The molecular formula is C18H14N2O4. The quantitative estimate of drug-likeness (QED) is 0.532. The third kappa shape index (κ3) is 2.89. The second kappa shape index (κ2) is 6.37. The van der Waals surface area contributed by atoms with Gasteiger partial charge in [-0.3, -0.25) is 15.0 Å². The van der Waals surface area contributed by atoms with Gasteiger partial charge in [-0.25, -0.2) is 9.80 Å². The molecule has 1 N–H and O–H groups in total. The molecule has 0 spiro atoms. The molecule has 2 aromatic carbocycles. The number of nitrogens with zero attached hydrogens (tertiary/aromatic N) is 1. The van der Waals surface area contributed by atoms with Gasteiger partial charge in [0.05, 0.1) is 18.4 Å². The number of carbonyl (C=O) groups excluding carboxylic acids is 3. The van der Waals surface area contributed by atoms with Crippen molar-refractivity contribution in [1.82, 2.24) is 5.43 Å². The van der Waals surface area contributed by atoms with Crippen LogP contribution in [0, 0.1) is 0 Å². The summed E-state index contributed by atoms with van der Waals surface area (Å²) in [5.74, 6) is -1.34. The number of hydrogen-bond donors (Lipinski definition) is 1. The highest BCUT2D eigenvalue weighted by molar-refractivity contribution is 6.31. The van der Waals surface area contributed by atoms with Crippen molar-refractivity contribution in [2.75, 3.05) is 12.1 Å². The van der Waals surface area contributed by atoms with Crippen LogP contribution in [0.3, 0.4) is 0 Å². The molecule has 2 amide bonds. The van der Waals surface area contributed by atoms with Gasteiger partial charge in [-0.05, 0) is 35.9 Å². The Bertz CT molecular complexity index is 826. The lowest BCUT2D eigenvalue weighted by atomic mass is 10.1. The monoisotopic (exact) mass is 322 g/mol. The van der Waals surface area contributed by atoms with E-state index in [4.69, 9.17) is 0 Å². The maximum atomic E-state index is 12.4. The number of para-hydroxylation sites is 1. The first kappa shape index (κ1) is 15.5. The number of anilines is 1. The zero-order valence-corrected chi connectivity index (χ0v) is 12.9. The minimum atomic E-state index is -0.471. The van der Waals surface area contributed by atoms with Crippen LogP contribution in [0.1, 0.15) is 15.9 Å². The number of esters is 1. The number of nitrogens with one attached hydrogen (secondary N) is 1. The minimum Gasteiger partial charge on any atom is -0.465 e. The first-order chi connectivity index (χ1) is 11.6. The average molecular weight is 322 g/mol. The summed E-state index contributed by atoms with van der Waals surface area (Å²) in [6.45, 7) is 0. The maximum Gasteiger partial charge on any atom is 0.337 e. The molecule has 120 valence electrons. The highest BCUT2D eigenvalue weighted by atomic mass is 16.5. The second-order valence-electron chi connectivity index (χ2n) is 5.09. The smallest absolute Gasteiger partial charge is 0.337 e. The van der Waals surface area contributed by atoms with Crippen LogP contribution in [0.15, 0.2) is 60.2 Å². The molecule has 0 radical (unpaired) electrons. The summed E-state index contributed by atoms with van der Waals surface area (Å²) >= 11 is 0. The third-order valence-corrected chi connectivity index (χ3v) is 3.55. The fourth-order valence-corrected chi connectivity index (χ4v) is 2.32. The molecule has 6 nitrogen and oxygen atoms in total. The molecule has 6 heteroatoms. The molecular weight excluding hydrogens is 308 g/mol. The molecule has 0 saturated carbocycles. The zero-order valence-electron chi connectivity index (χ0n) is 12.9. The first-order valence-corrected chi connectivity index (χ1v) is 7.20. The predicted octanol–water partition coefficient (Wildman–Crippen LogP) is 1.93. The van der Waals surface area contributed by atoms with Crippen LogP contribution in [-0.2, 0) is 14.3 Å². The number of carbonyl (C=O) groups is 3. The van der Waals surface area contributed by atoms with Gasteiger partial charge in [-0.15, -0.1) is 0 Å². The Kier molecular flexibility index (Phi) is 4.11. The van der Waals surface area contributed by atoms with E-state index in [1.165, 1.54) is 18.2 Å². The van der Waals surface area contributed by atoms with Crippen LogP contribution in [0.25, 0.3) is 6.08 Å². The van der Waals surface area contributed by atoms with Crippen molar-refractivity contribution in [1.29, 1.82) is 0 Å². The predicted molar refractivity (Wildman–Crippen MR) is 87.8 cm³/mol. The lowest BCUT2D eigenvalue weighted by molar-refractivity contribution is -0.117. The van der Waals surface area contributed by atoms with E-state index >= 15 is 0 Å². The van der Waals surface area contributed by atoms with E-state index in [1.807, 2.05) is 6.07 Å². The van der Waals surface area contributed by atoms with Crippen molar-refractivity contribution in [2.24, 2.45) is 0 Å². The highest BCUT2D eigenvalue weighted by Gasteiger charge is 2.34. The Hall–Kier alpha value is -3.41. The van der Waals surface area contributed by atoms with Crippen molar-refractivity contribution in [3.63, 3.8) is 0 Å². The van der Waals surface area contributed by atoms with E-state index < -0.39 is 17.8 Å². The first-order valence-electron chi connectivity index (χ1n) is 7.20. The Morgan fingerprint density at radius 2 is 1.71 bits per heavy atom. The van der Waals surface area contributed by atoms with Crippen molar-refractivity contribution >= 4 is 29.5 Å². The Morgan fingerprint density at radius 1 is 1.04 bits per heavy atom. The standard InChI is InChI=1S/C18H14N2O4/c1-24-18(23)13-9-7-12(8-10-13)11-15-16(21)19-20(17(15)22)14-5-3-2-4-6-14/h2-11H,1H3,(H,19,21). The number of rotatable bonds is 3. The van der Waals surface area contributed by atoms with E-state index in [9.17, 15) is 14.4 Å². The molecule has 2 aromatic rings. The number of benzene rings is 2. The van der Waals surface area contributed by atoms with Gasteiger partial charge < -0.3 is 4.74 Å². The number of methoxy groups -OCH3 is 1. The van der Waals surface area contributed by atoms with Crippen LogP contribution >= 0.6 is 0 Å². The van der Waals surface area contributed by atoms with Gasteiger partial charge in [0, 0.05) is 0 Å². The zero-order chi connectivity index (χ0) is 17.1. The minimum absolute atomic E-state index is 0.0321. The molecule has 0 bridgehead atoms. The fourth-order valence-electron chi connectivity index (χ4n) is 2.32. The second-order valence-corrected chi connectivity index (χ2v) is 5.09. The molecule has 1 aliphatic heterocycles. The molecule has 1 heterocycles. The van der Waals surface area contributed by atoms with Crippen molar-refractivity contribution < 1.29 is 19.1 Å². The normalized spacial score (nSPS) is 15.5. The van der Waals surface area contributed by atoms with E-state index in [2.05, 4.69) is 10.2 Å². The molecule has 1 saturated heterocycles. The SMILES string of the molecule is COC(=O)c1ccc(C=C2C(=O)NN(c3ccccc3)C2=O)cc1. The maximum absolute atomic E-state index is 12.4. The highest BCUT2D eigenvalue weighted by Crippen LogP contribution is 2.21. The fraction of sp³-hybridized carbons (Fsp3) is 0.0556. The van der Waals surface area contributed by atoms with Crippen molar-refractivity contribution in [3.8, 4) is 0 Å². The Morgan fingerprint density at radius 3 is 2.33 bits per heavy atom. The molecule has 0 atom stereocenters. The van der Waals surface area contributed by atoms with Crippen LogP contribution in [0.4, 0.5) is 5.69 Å². The number of hydrogen-bond acceptors (Lipinski definition) is 4. The van der Waals surface area contributed by atoms with E-state index in [-0.39, 0.29) is 5.57 Å². The van der Waals surface area contributed by atoms with Gasteiger partial charge in [-0.1, -0.05) is 30.3 Å². The lowest BCUT2D eigenvalue weighted by Crippen LogP contribution is -2.35. The van der Waals surface area contributed by atoms with Gasteiger partial charge in [0.2, 0.25) is 0 Å². The van der Waals surface area contributed by atoms with Gasteiger partial charge in [0.15, 0.2) is 0 Å². The van der Waals surface area contributed by atoms with Crippen LogP contribution in [0.2, 0.25) is 0 Å². The summed E-state index contributed by atoms with van der Waals surface area (Å²) in [6, 6.07) is 15.3. The molecule has 24 heavy (non-hydrogen) atoms. The average Bonchev–Trinajstić information content (AvgIpc) is 2.90. The number of ether oxygens (including phenoxy) is 1. The summed E-state index contributed by atoms with van der Waals surface area (Å²) in [5, 5.41) is 1.21. The van der Waals surface area contributed by atoms with Gasteiger partial charge in [-0.2, -0.15) is 0 Å². The topological polar surface area (TPSA) is 75.7 Å². The summed E-state index contributed by atoms with van der Waals surface area (Å²) in [4.78, 5) is 35.9. The van der Waals surface area contributed by atoms with E-state index in [0.717, 1.165) is 0 Å². The number of hydrazine groups is 1. The van der Waals surface area contributed by atoms with E-state index in [1.54, 1.807) is 48.5 Å². The van der Waals surface area contributed by atoms with Crippen LogP contribution < -0.4 is 10.4 Å². The molecule has 0 aliphatic carbocycles. The van der Waals surface area contributed by atoms with Crippen LogP contribution in [-0.4, -0.2) is 24.9 Å². The Labute approximate surface area is 138 Å². The molecule has 3 rings (SSSR count). The summed E-state index contributed by atoms with van der Waals surface area (Å²) in [6.07, 6.45) is 1.49. The van der Waals surface area contributed by atoms with Gasteiger partial charge in [0.25, 0.3) is 11.8 Å². The van der Waals surface area contributed by atoms with E-state index in [0.29, 0.717) is 16.8 Å². The summed E-state index contributed by atoms with van der Waals surface area (Å²) in [7, 11) is 1.30. The summed E-state index contributed by atoms with van der Waals surface area (Å²) in [5.41, 5.74) is 4.18. The molecule has 1 aliphatic rings. The van der Waals surface area contributed by atoms with Gasteiger partial charge >= 0.3 is 5.97 Å². The molecule has 0 aromatic heterocycles. The van der Waals surface area contributed by atoms with Gasteiger partial charge in [0.1, 0.15) is 5.57 Å². The van der Waals surface area contributed by atoms with Crippen LogP contribution in [0.5, 0.6) is 0 Å². The summed E-state index contributed by atoms with van der Waals surface area (Å²) < 4.78 is 4.63. The lowest BCUT2D eigenvalue weighted by Gasteiger charge is -2.13. The molecule has 0 unspecified atom stereocenters. The van der Waals surface area contributed by atoms with Crippen molar-refractivity contribution in [3.05, 3.63) is 71.3 Å². The number of amides is 2. The molecule has 1 fully saturated rings. The third-order valence-electron chi connectivity index (χ3n) is 3.55. The largest absolute Gasteiger partial charge is 0.465 e. The van der Waals surface area contributed by atoms with Crippen molar-refractivity contribution in [2.45, 2.75) is 0 Å². The Balaban J connectivity index is 1.86.